The molecule has 0 radical (unpaired) electrons. The summed E-state index contributed by atoms with van der Waals surface area (Å²) in [6.07, 6.45) is 2.45. The number of hydrogen-bond donors (Lipinski definition) is 1. The van der Waals surface area contributed by atoms with Crippen molar-refractivity contribution in [1.29, 1.82) is 0 Å². The van der Waals surface area contributed by atoms with Crippen LogP contribution >= 0.6 is 0 Å². The summed E-state index contributed by atoms with van der Waals surface area (Å²) in [6, 6.07) is 11.8. The van der Waals surface area contributed by atoms with Gasteiger partial charge in [0.05, 0.1) is 25.5 Å². The van der Waals surface area contributed by atoms with Crippen molar-refractivity contribution in [3.05, 3.63) is 75.7 Å². The van der Waals surface area contributed by atoms with E-state index in [0.29, 0.717) is 13.1 Å². The number of morpholine rings is 1. The summed E-state index contributed by atoms with van der Waals surface area (Å²) in [6.45, 7) is 10.1. The lowest BCUT2D eigenvalue weighted by Crippen LogP contribution is -2.43. The Morgan fingerprint density at radius 2 is 2.06 bits per heavy atom. The minimum absolute atomic E-state index is 0.0623. The Morgan fingerprint density at radius 1 is 1.19 bits per heavy atom. The predicted molar refractivity (Wildman–Crippen MR) is 136 cm³/mol. The van der Waals surface area contributed by atoms with E-state index in [1.54, 1.807) is 10.9 Å². The molecule has 36 heavy (non-hydrogen) atoms. The minimum atomic E-state index is -0.0661. The number of aromatic nitrogens is 5. The molecule has 1 aliphatic rings. The summed E-state index contributed by atoms with van der Waals surface area (Å²) in [4.78, 5) is 20.9. The van der Waals surface area contributed by atoms with Crippen molar-refractivity contribution in [2.45, 2.75) is 39.4 Å². The number of pyridine rings is 1. The summed E-state index contributed by atoms with van der Waals surface area (Å²) >= 11 is 0. The lowest BCUT2D eigenvalue weighted by molar-refractivity contribution is 0.0291. The molecule has 0 aliphatic carbocycles. The second-order valence-electron chi connectivity index (χ2n) is 9.34. The van der Waals surface area contributed by atoms with Crippen LogP contribution in [0.15, 0.2) is 51.9 Å². The molecule has 1 fully saturated rings. The number of fused-ring (bicyclic) bond motifs is 1. The van der Waals surface area contributed by atoms with Crippen LogP contribution in [0, 0.1) is 6.92 Å². The van der Waals surface area contributed by atoms with Crippen LogP contribution in [-0.2, 0) is 17.8 Å². The molecule has 190 valence electrons. The number of tetrazole rings is 1. The number of hydrogen-bond acceptors (Lipinski definition) is 8. The fourth-order valence-corrected chi connectivity index (χ4v) is 4.86. The lowest BCUT2D eigenvalue weighted by atomic mass is 10.1. The predicted octanol–water partition coefficient (Wildman–Crippen LogP) is 2.75. The molecule has 0 spiro atoms. The first-order valence-electron chi connectivity index (χ1n) is 12.6. The van der Waals surface area contributed by atoms with Crippen molar-refractivity contribution in [2.75, 3.05) is 39.4 Å². The fourth-order valence-electron chi connectivity index (χ4n) is 4.86. The summed E-state index contributed by atoms with van der Waals surface area (Å²) in [5.74, 6) is 1.56. The van der Waals surface area contributed by atoms with Gasteiger partial charge in [-0.1, -0.05) is 18.6 Å². The van der Waals surface area contributed by atoms with Gasteiger partial charge in [0, 0.05) is 43.8 Å². The second-order valence-corrected chi connectivity index (χ2v) is 9.34. The van der Waals surface area contributed by atoms with E-state index in [9.17, 15) is 4.79 Å². The zero-order valence-corrected chi connectivity index (χ0v) is 20.9. The maximum atomic E-state index is 13.1. The van der Waals surface area contributed by atoms with Crippen LogP contribution in [0.3, 0.4) is 0 Å². The Bertz CT molecular complexity index is 1330. The molecule has 10 heteroatoms. The highest BCUT2D eigenvalue weighted by atomic mass is 16.5. The molecule has 0 saturated carbocycles. The van der Waals surface area contributed by atoms with E-state index >= 15 is 0 Å². The molecule has 4 heterocycles. The molecule has 0 amide bonds. The summed E-state index contributed by atoms with van der Waals surface area (Å²) in [5, 5.41) is 13.7. The van der Waals surface area contributed by atoms with Gasteiger partial charge in [0.1, 0.15) is 12.3 Å². The van der Waals surface area contributed by atoms with Crippen molar-refractivity contribution < 1.29 is 9.15 Å². The Balaban J connectivity index is 1.45. The molecule has 10 nitrogen and oxygen atoms in total. The molecule has 1 atom stereocenters. The van der Waals surface area contributed by atoms with E-state index in [1.165, 1.54) is 0 Å². The zero-order chi connectivity index (χ0) is 24.9. The number of furan rings is 1. The third-order valence-electron chi connectivity index (χ3n) is 6.83. The van der Waals surface area contributed by atoms with Crippen LogP contribution in [0.2, 0.25) is 0 Å². The average molecular weight is 492 g/mol. The smallest absolute Gasteiger partial charge is 0.252 e. The lowest BCUT2D eigenvalue weighted by Gasteiger charge is -2.33. The van der Waals surface area contributed by atoms with E-state index in [0.717, 1.165) is 79.4 Å². The highest BCUT2D eigenvalue weighted by Gasteiger charge is 2.27. The largest absolute Gasteiger partial charge is 0.467 e. The van der Waals surface area contributed by atoms with Crippen molar-refractivity contribution in [1.82, 2.24) is 35.0 Å². The third kappa shape index (κ3) is 5.56. The Labute approximate surface area is 209 Å². The van der Waals surface area contributed by atoms with E-state index < -0.39 is 0 Å². The van der Waals surface area contributed by atoms with Crippen LogP contribution in [-0.4, -0.2) is 74.4 Å². The number of rotatable bonds is 10. The Hall–Kier alpha value is -3.34. The topological polar surface area (TPSA) is 105 Å². The van der Waals surface area contributed by atoms with Gasteiger partial charge in [0.2, 0.25) is 0 Å². The second kappa shape index (κ2) is 11.2. The molecule has 4 aromatic rings. The van der Waals surface area contributed by atoms with E-state index in [1.807, 2.05) is 30.3 Å². The molecule has 1 N–H and O–H groups in total. The van der Waals surface area contributed by atoms with Crippen LogP contribution in [0.5, 0.6) is 0 Å². The van der Waals surface area contributed by atoms with Gasteiger partial charge in [-0.2, -0.15) is 0 Å². The van der Waals surface area contributed by atoms with Crippen molar-refractivity contribution in [3.8, 4) is 0 Å². The molecular weight excluding hydrogens is 458 g/mol. The number of nitrogens with zero attached hydrogens (tertiary/aromatic N) is 6. The summed E-state index contributed by atoms with van der Waals surface area (Å²) < 4.78 is 12.8. The standard InChI is InChI=1S/C26H33N7O3/c1-3-24(25-28-29-30-33(25)18-22-5-4-12-36-22)32(9-8-31-10-13-35-14-11-31)17-21-16-20-15-19(2)6-7-23(20)27-26(21)34/h4-7,12,15-16,24H,3,8-11,13-14,17-18H2,1-2H3,(H,27,34). The third-order valence-corrected chi connectivity index (χ3v) is 6.83. The molecule has 3 aromatic heterocycles. The van der Waals surface area contributed by atoms with Crippen LogP contribution in [0.1, 0.15) is 42.1 Å². The number of H-pyrrole nitrogens is 1. The van der Waals surface area contributed by atoms with Crippen molar-refractivity contribution >= 4 is 10.9 Å². The molecule has 1 aliphatic heterocycles. The molecule has 0 bridgehead atoms. The molecule has 1 unspecified atom stereocenters. The molecule has 1 aromatic carbocycles. The van der Waals surface area contributed by atoms with Crippen molar-refractivity contribution in [2.24, 2.45) is 0 Å². The summed E-state index contributed by atoms with van der Waals surface area (Å²) in [7, 11) is 0. The maximum absolute atomic E-state index is 13.1. The average Bonchev–Trinajstić information content (AvgIpc) is 3.57. The van der Waals surface area contributed by atoms with E-state index in [-0.39, 0.29) is 11.6 Å². The molecular formula is C26H33N7O3. The van der Waals surface area contributed by atoms with E-state index in [4.69, 9.17) is 9.15 Å². The van der Waals surface area contributed by atoms with Crippen LogP contribution < -0.4 is 5.56 Å². The Morgan fingerprint density at radius 3 is 2.83 bits per heavy atom. The zero-order valence-electron chi connectivity index (χ0n) is 20.9. The van der Waals surface area contributed by atoms with Crippen LogP contribution in [0.25, 0.3) is 10.9 Å². The van der Waals surface area contributed by atoms with Gasteiger partial charge in [-0.25, -0.2) is 4.68 Å². The number of aryl methyl sites for hydroxylation is 1. The first-order chi connectivity index (χ1) is 17.6. The van der Waals surface area contributed by atoms with Crippen molar-refractivity contribution in [3.63, 3.8) is 0 Å². The SMILES string of the molecule is CCC(c1nnnn1Cc1ccco1)N(CCN1CCOCC1)Cc1cc2cc(C)ccc2[nH]c1=O. The number of aromatic amines is 1. The van der Waals surface area contributed by atoms with Gasteiger partial charge in [0.15, 0.2) is 5.82 Å². The minimum Gasteiger partial charge on any atom is -0.467 e. The van der Waals surface area contributed by atoms with Gasteiger partial charge >= 0.3 is 0 Å². The van der Waals surface area contributed by atoms with E-state index in [2.05, 4.69) is 50.2 Å². The summed E-state index contributed by atoms with van der Waals surface area (Å²) in [5.41, 5.74) is 2.68. The van der Waals surface area contributed by atoms with Gasteiger partial charge < -0.3 is 14.1 Å². The highest BCUT2D eigenvalue weighted by molar-refractivity contribution is 5.79. The number of ether oxygens (including phenoxy) is 1. The maximum Gasteiger partial charge on any atom is 0.252 e. The number of nitrogens with one attached hydrogen (secondary N) is 1. The molecule has 5 rings (SSSR count). The van der Waals surface area contributed by atoms with Gasteiger partial charge in [-0.3, -0.25) is 14.6 Å². The Kier molecular flexibility index (Phi) is 7.55. The number of benzene rings is 1. The fraction of sp³-hybridized carbons (Fsp3) is 0.462. The van der Waals surface area contributed by atoms with Gasteiger partial charge in [-0.15, -0.1) is 5.10 Å². The quantitative estimate of drug-likeness (QED) is 0.361. The molecule has 1 saturated heterocycles. The normalized spacial score (nSPS) is 15.6. The van der Waals surface area contributed by atoms with Crippen LogP contribution in [0.4, 0.5) is 0 Å². The monoisotopic (exact) mass is 491 g/mol. The van der Waals surface area contributed by atoms with Gasteiger partial charge in [0.25, 0.3) is 5.56 Å². The first kappa shape index (κ1) is 24.4. The van der Waals surface area contributed by atoms with Gasteiger partial charge in [-0.05, 0) is 59.5 Å². The highest BCUT2D eigenvalue weighted by Crippen LogP contribution is 2.25. The first-order valence-corrected chi connectivity index (χ1v) is 12.6.